The van der Waals surface area contributed by atoms with Gasteiger partial charge in [0.1, 0.15) is 11.4 Å². The SMILES string of the molecule is O=C(NCc1ccccc1OC(F)(F)F)c1cc(=O)n(CC(O)CO)c(=O)[nH]1. The number of para-hydroxylation sites is 1. The van der Waals surface area contributed by atoms with E-state index >= 15 is 0 Å². The Morgan fingerprint density at radius 1 is 1.29 bits per heavy atom. The van der Waals surface area contributed by atoms with Crippen molar-refractivity contribution >= 4 is 5.91 Å². The van der Waals surface area contributed by atoms with Crippen LogP contribution in [0.1, 0.15) is 16.1 Å². The molecular weight excluding hydrogens is 387 g/mol. The van der Waals surface area contributed by atoms with E-state index in [1.807, 2.05) is 0 Å². The lowest BCUT2D eigenvalue weighted by Gasteiger charge is -2.14. The number of amides is 1. The summed E-state index contributed by atoms with van der Waals surface area (Å²) in [5.74, 6) is -1.41. The fourth-order valence-corrected chi connectivity index (χ4v) is 2.23. The number of alkyl halides is 3. The van der Waals surface area contributed by atoms with Crippen LogP contribution in [0, 0.1) is 0 Å². The number of aromatic nitrogens is 2. The van der Waals surface area contributed by atoms with Gasteiger partial charge in [-0.25, -0.2) is 4.79 Å². The Morgan fingerprint density at radius 2 is 1.96 bits per heavy atom. The molecule has 0 saturated carbocycles. The number of aromatic amines is 1. The van der Waals surface area contributed by atoms with Crippen molar-refractivity contribution in [2.75, 3.05) is 6.61 Å². The maximum atomic E-state index is 12.4. The van der Waals surface area contributed by atoms with Crippen LogP contribution in [-0.2, 0) is 13.1 Å². The van der Waals surface area contributed by atoms with Gasteiger partial charge in [-0.3, -0.25) is 14.2 Å². The predicted octanol–water partition coefficient (Wildman–Crippen LogP) is -0.282. The van der Waals surface area contributed by atoms with E-state index in [0.29, 0.717) is 4.57 Å². The van der Waals surface area contributed by atoms with Crippen molar-refractivity contribution in [1.29, 1.82) is 0 Å². The normalized spacial score (nSPS) is 12.5. The Balaban J connectivity index is 2.15. The standard InChI is InChI=1S/C16H16F3N3O6/c17-16(18,19)28-12-4-2-1-3-9(12)6-20-14(26)11-5-13(25)22(15(27)21-11)7-10(24)8-23/h1-5,10,23-24H,6-8H2,(H,20,26)(H,21,27). The number of ether oxygens (including phenoxy) is 1. The van der Waals surface area contributed by atoms with Crippen molar-refractivity contribution in [3.8, 4) is 5.75 Å². The molecule has 0 aliphatic rings. The van der Waals surface area contributed by atoms with Crippen LogP contribution in [-0.4, -0.2) is 44.7 Å². The lowest BCUT2D eigenvalue weighted by molar-refractivity contribution is -0.274. The Hall–Kier alpha value is -3.12. The summed E-state index contributed by atoms with van der Waals surface area (Å²) in [6.45, 7) is -1.51. The quantitative estimate of drug-likeness (QED) is 0.503. The third-order valence-electron chi connectivity index (χ3n) is 3.51. The molecule has 0 aliphatic heterocycles. The summed E-state index contributed by atoms with van der Waals surface area (Å²) in [7, 11) is 0. The number of H-pyrrole nitrogens is 1. The van der Waals surface area contributed by atoms with Crippen LogP contribution in [0.25, 0.3) is 0 Å². The number of benzene rings is 1. The van der Waals surface area contributed by atoms with Gasteiger partial charge in [-0.05, 0) is 6.07 Å². The topological polar surface area (TPSA) is 134 Å². The van der Waals surface area contributed by atoms with E-state index in [9.17, 15) is 32.7 Å². The summed E-state index contributed by atoms with van der Waals surface area (Å²) >= 11 is 0. The predicted molar refractivity (Wildman–Crippen MR) is 88.7 cm³/mol. The number of hydrogen-bond donors (Lipinski definition) is 4. The summed E-state index contributed by atoms with van der Waals surface area (Å²) in [6, 6.07) is 5.94. The first-order chi connectivity index (χ1) is 13.1. The van der Waals surface area contributed by atoms with Crippen LogP contribution >= 0.6 is 0 Å². The number of carbonyl (C=O) groups excluding carboxylic acids is 1. The number of carbonyl (C=O) groups is 1. The Bertz CT molecular complexity index is 922. The molecule has 0 fully saturated rings. The van der Waals surface area contributed by atoms with Crippen LogP contribution in [0.5, 0.6) is 5.75 Å². The zero-order valence-electron chi connectivity index (χ0n) is 14.2. The minimum absolute atomic E-state index is 0.0231. The highest BCUT2D eigenvalue weighted by atomic mass is 19.4. The van der Waals surface area contributed by atoms with Gasteiger partial charge in [0.15, 0.2) is 0 Å². The summed E-state index contributed by atoms with van der Waals surface area (Å²) in [4.78, 5) is 38.1. The summed E-state index contributed by atoms with van der Waals surface area (Å²) < 4.78 is 41.7. The summed E-state index contributed by atoms with van der Waals surface area (Å²) in [6.07, 6.45) is -6.25. The minimum Gasteiger partial charge on any atom is -0.405 e. The van der Waals surface area contributed by atoms with E-state index in [-0.39, 0.29) is 12.1 Å². The molecule has 1 heterocycles. The van der Waals surface area contributed by atoms with Crippen LogP contribution < -0.4 is 21.3 Å². The number of halogens is 3. The molecule has 2 rings (SSSR count). The molecule has 0 spiro atoms. The van der Waals surface area contributed by atoms with Gasteiger partial charge in [0, 0.05) is 18.2 Å². The van der Waals surface area contributed by atoms with Gasteiger partial charge in [0.2, 0.25) is 0 Å². The number of nitrogens with zero attached hydrogens (tertiary/aromatic N) is 1. The molecule has 0 bridgehead atoms. The second kappa shape index (κ2) is 8.71. The van der Waals surface area contributed by atoms with Gasteiger partial charge in [-0.15, -0.1) is 13.2 Å². The van der Waals surface area contributed by atoms with Gasteiger partial charge in [-0.2, -0.15) is 0 Å². The van der Waals surface area contributed by atoms with Crippen LogP contribution in [0.2, 0.25) is 0 Å². The molecule has 1 amide bonds. The molecule has 1 atom stereocenters. The van der Waals surface area contributed by atoms with Crippen molar-refractivity contribution in [2.24, 2.45) is 0 Å². The Kier molecular flexibility index (Phi) is 6.59. The average Bonchev–Trinajstić information content (AvgIpc) is 2.62. The molecule has 12 heteroatoms. The van der Waals surface area contributed by atoms with Crippen LogP contribution in [0.3, 0.4) is 0 Å². The number of nitrogens with one attached hydrogen (secondary N) is 2. The fraction of sp³-hybridized carbons (Fsp3) is 0.312. The van der Waals surface area contributed by atoms with Crippen molar-refractivity contribution in [3.63, 3.8) is 0 Å². The fourth-order valence-electron chi connectivity index (χ4n) is 2.23. The number of hydrogen-bond acceptors (Lipinski definition) is 6. The minimum atomic E-state index is -4.91. The van der Waals surface area contributed by atoms with E-state index in [2.05, 4.69) is 15.0 Å². The number of rotatable bonds is 7. The monoisotopic (exact) mass is 403 g/mol. The Labute approximate surface area is 155 Å². The van der Waals surface area contributed by atoms with Crippen molar-refractivity contribution < 1.29 is 32.9 Å². The second-order valence-electron chi connectivity index (χ2n) is 5.61. The van der Waals surface area contributed by atoms with Crippen molar-refractivity contribution in [3.05, 3.63) is 62.4 Å². The van der Waals surface area contributed by atoms with Gasteiger partial charge in [0.05, 0.1) is 19.3 Å². The van der Waals surface area contributed by atoms with E-state index < -0.39 is 54.2 Å². The van der Waals surface area contributed by atoms with Crippen LogP contribution in [0.15, 0.2) is 39.9 Å². The Morgan fingerprint density at radius 3 is 2.57 bits per heavy atom. The zero-order chi connectivity index (χ0) is 20.9. The zero-order valence-corrected chi connectivity index (χ0v) is 14.2. The molecule has 4 N–H and O–H groups in total. The first-order valence-corrected chi connectivity index (χ1v) is 7.85. The van der Waals surface area contributed by atoms with Gasteiger partial charge < -0.3 is 25.3 Å². The average molecular weight is 403 g/mol. The second-order valence-corrected chi connectivity index (χ2v) is 5.61. The first-order valence-electron chi connectivity index (χ1n) is 7.85. The highest BCUT2D eigenvalue weighted by Crippen LogP contribution is 2.26. The highest BCUT2D eigenvalue weighted by molar-refractivity contribution is 5.92. The number of aliphatic hydroxyl groups excluding tert-OH is 2. The van der Waals surface area contributed by atoms with E-state index in [4.69, 9.17) is 5.11 Å². The molecule has 9 nitrogen and oxygen atoms in total. The van der Waals surface area contributed by atoms with Gasteiger partial charge in [-0.1, -0.05) is 18.2 Å². The number of aliphatic hydroxyl groups is 2. The summed E-state index contributed by atoms with van der Waals surface area (Å²) in [5, 5.41) is 20.4. The molecule has 0 aliphatic carbocycles. The van der Waals surface area contributed by atoms with E-state index in [1.165, 1.54) is 18.2 Å². The largest absolute Gasteiger partial charge is 0.573 e. The van der Waals surface area contributed by atoms with Gasteiger partial charge in [0.25, 0.3) is 11.5 Å². The summed E-state index contributed by atoms with van der Waals surface area (Å²) in [5.41, 5.74) is -2.29. The third-order valence-corrected chi connectivity index (χ3v) is 3.51. The van der Waals surface area contributed by atoms with Gasteiger partial charge >= 0.3 is 12.1 Å². The van der Waals surface area contributed by atoms with E-state index in [0.717, 1.165) is 12.1 Å². The van der Waals surface area contributed by atoms with E-state index in [1.54, 1.807) is 0 Å². The maximum absolute atomic E-state index is 12.4. The molecule has 0 saturated heterocycles. The maximum Gasteiger partial charge on any atom is 0.573 e. The molecule has 152 valence electrons. The molecular formula is C16H16F3N3O6. The first kappa shape index (κ1) is 21.2. The molecule has 0 radical (unpaired) electrons. The smallest absolute Gasteiger partial charge is 0.405 e. The third kappa shape index (κ3) is 5.69. The lowest BCUT2D eigenvalue weighted by Crippen LogP contribution is -2.41. The van der Waals surface area contributed by atoms with Crippen LogP contribution in [0.4, 0.5) is 13.2 Å². The molecule has 1 aromatic heterocycles. The van der Waals surface area contributed by atoms with Crippen molar-refractivity contribution in [2.45, 2.75) is 25.6 Å². The highest BCUT2D eigenvalue weighted by Gasteiger charge is 2.32. The molecule has 2 aromatic rings. The molecule has 1 unspecified atom stereocenters. The lowest BCUT2D eigenvalue weighted by atomic mass is 10.2. The van der Waals surface area contributed by atoms with Crippen molar-refractivity contribution in [1.82, 2.24) is 14.9 Å². The molecule has 1 aromatic carbocycles. The molecule has 28 heavy (non-hydrogen) atoms.